The quantitative estimate of drug-likeness (QED) is 0.731. The maximum absolute atomic E-state index is 12.5. The van der Waals surface area contributed by atoms with E-state index in [-0.39, 0.29) is 12.1 Å². The minimum absolute atomic E-state index is 0.0577. The Morgan fingerprint density at radius 3 is 2.31 bits per heavy atom. The first-order valence-corrected chi connectivity index (χ1v) is 4.48. The normalized spacial score (nSPS) is 12.8. The lowest BCUT2D eigenvalue weighted by Crippen LogP contribution is -2.15. The third-order valence-electron chi connectivity index (χ3n) is 1.32. The van der Waals surface area contributed by atoms with E-state index in [2.05, 4.69) is 4.72 Å². The summed E-state index contributed by atoms with van der Waals surface area (Å²) in [6.45, 7) is -0.0577. The van der Waals surface area contributed by atoms with Gasteiger partial charge in [0, 0.05) is 12.6 Å². The van der Waals surface area contributed by atoms with Gasteiger partial charge in [0.15, 0.2) is 0 Å². The van der Waals surface area contributed by atoms with Crippen molar-refractivity contribution in [1.82, 2.24) is 4.72 Å². The molecule has 0 heterocycles. The number of benzene rings is 1. The molecule has 1 atom stereocenters. The van der Waals surface area contributed by atoms with Gasteiger partial charge in [0.05, 0.1) is 0 Å². The van der Waals surface area contributed by atoms with Crippen molar-refractivity contribution in [2.24, 2.45) is 0 Å². The summed E-state index contributed by atoms with van der Waals surface area (Å²) in [7, 11) is 0. The standard InChI is InChI=1S/C7H7F2NO2S/c8-6-1-5(2-7(9)3-6)4-10-13(11)12/h1-3,10H,4H2,(H,11,12). The van der Waals surface area contributed by atoms with Gasteiger partial charge in [-0.25, -0.2) is 17.7 Å². The second-order valence-corrected chi connectivity index (χ2v) is 3.13. The number of hydrogen-bond donors (Lipinski definition) is 2. The van der Waals surface area contributed by atoms with E-state index in [1.54, 1.807) is 0 Å². The zero-order valence-corrected chi connectivity index (χ0v) is 7.28. The highest BCUT2D eigenvalue weighted by atomic mass is 32.2. The molecule has 72 valence electrons. The van der Waals surface area contributed by atoms with Gasteiger partial charge in [-0.1, -0.05) is 0 Å². The van der Waals surface area contributed by atoms with Crippen LogP contribution in [-0.2, 0) is 17.8 Å². The molecule has 1 aromatic rings. The SMILES string of the molecule is O=S(O)NCc1cc(F)cc(F)c1. The summed E-state index contributed by atoms with van der Waals surface area (Å²) in [4.78, 5) is 0. The molecule has 0 amide bonds. The molecule has 0 aliphatic rings. The van der Waals surface area contributed by atoms with Crippen molar-refractivity contribution < 1.29 is 17.5 Å². The molecule has 1 unspecified atom stereocenters. The maximum atomic E-state index is 12.5. The Bertz CT molecular complexity index is 312. The predicted octanol–water partition coefficient (Wildman–Crippen LogP) is 1.19. The summed E-state index contributed by atoms with van der Waals surface area (Å²) in [5, 5.41) is 0. The molecule has 13 heavy (non-hydrogen) atoms. The van der Waals surface area contributed by atoms with E-state index in [1.165, 1.54) is 0 Å². The van der Waals surface area contributed by atoms with Gasteiger partial charge >= 0.3 is 0 Å². The van der Waals surface area contributed by atoms with E-state index in [0.29, 0.717) is 0 Å². The third-order valence-corrected chi connectivity index (χ3v) is 1.71. The molecule has 0 fully saturated rings. The second kappa shape index (κ2) is 4.40. The van der Waals surface area contributed by atoms with E-state index in [4.69, 9.17) is 4.55 Å². The molecular weight excluding hydrogens is 200 g/mol. The molecule has 1 rings (SSSR count). The Balaban J connectivity index is 2.71. The molecule has 0 radical (unpaired) electrons. The Labute approximate surface area is 76.2 Å². The van der Waals surface area contributed by atoms with Crippen molar-refractivity contribution in [2.45, 2.75) is 6.54 Å². The van der Waals surface area contributed by atoms with Crippen molar-refractivity contribution in [3.63, 3.8) is 0 Å². The molecule has 0 aliphatic carbocycles. The number of hydrogen-bond acceptors (Lipinski definition) is 1. The van der Waals surface area contributed by atoms with Crippen LogP contribution < -0.4 is 4.72 Å². The highest BCUT2D eigenvalue weighted by molar-refractivity contribution is 7.77. The number of halogens is 2. The summed E-state index contributed by atoms with van der Waals surface area (Å²) in [5.74, 6) is -1.42. The molecule has 1 aromatic carbocycles. The maximum Gasteiger partial charge on any atom is 0.232 e. The number of rotatable bonds is 3. The fourth-order valence-corrected chi connectivity index (χ4v) is 1.15. The topological polar surface area (TPSA) is 49.3 Å². The summed E-state index contributed by atoms with van der Waals surface area (Å²) < 4.78 is 45.7. The molecule has 0 aliphatic heterocycles. The fraction of sp³-hybridized carbons (Fsp3) is 0.143. The monoisotopic (exact) mass is 207 g/mol. The molecule has 0 saturated carbocycles. The first kappa shape index (κ1) is 10.2. The van der Waals surface area contributed by atoms with Crippen molar-refractivity contribution >= 4 is 11.3 Å². The van der Waals surface area contributed by atoms with Crippen LogP contribution in [0.15, 0.2) is 18.2 Å². The lowest BCUT2D eigenvalue weighted by Gasteiger charge is -2.00. The third kappa shape index (κ3) is 3.58. The van der Waals surface area contributed by atoms with E-state index in [9.17, 15) is 13.0 Å². The molecule has 0 aromatic heterocycles. The van der Waals surface area contributed by atoms with Crippen molar-refractivity contribution in [1.29, 1.82) is 0 Å². The van der Waals surface area contributed by atoms with Gasteiger partial charge < -0.3 is 0 Å². The minimum atomic E-state index is -2.17. The lowest BCUT2D eigenvalue weighted by molar-refractivity contribution is 0.546. The van der Waals surface area contributed by atoms with Gasteiger partial charge in [0.2, 0.25) is 11.3 Å². The summed E-state index contributed by atoms with van der Waals surface area (Å²) in [5.41, 5.74) is 0.278. The molecule has 6 heteroatoms. The summed E-state index contributed by atoms with van der Waals surface area (Å²) >= 11 is -2.17. The van der Waals surface area contributed by atoms with Gasteiger partial charge in [0.25, 0.3) is 0 Å². The fourth-order valence-electron chi connectivity index (χ4n) is 0.858. The average molecular weight is 207 g/mol. The first-order chi connectivity index (χ1) is 6.08. The van der Waals surface area contributed by atoms with Crippen LogP contribution in [0.5, 0.6) is 0 Å². The first-order valence-electron chi connectivity index (χ1n) is 3.37. The molecular formula is C7H7F2NO2S. The van der Waals surface area contributed by atoms with Crippen LogP contribution in [0.25, 0.3) is 0 Å². The van der Waals surface area contributed by atoms with Gasteiger partial charge in [-0.3, -0.25) is 4.55 Å². The van der Waals surface area contributed by atoms with Crippen molar-refractivity contribution in [3.05, 3.63) is 35.4 Å². The Kier molecular flexibility index (Phi) is 3.47. The zero-order chi connectivity index (χ0) is 9.84. The summed E-state index contributed by atoms with van der Waals surface area (Å²) in [6, 6.07) is 2.91. The Morgan fingerprint density at radius 1 is 1.31 bits per heavy atom. The van der Waals surface area contributed by atoms with Crippen molar-refractivity contribution in [2.75, 3.05) is 0 Å². The molecule has 0 spiro atoms. The van der Waals surface area contributed by atoms with Gasteiger partial charge in [-0.05, 0) is 17.7 Å². The average Bonchev–Trinajstić information content (AvgIpc) is 1.99. The van der Waals surface area contributed by atoms with E-state index in [0.717, 1.165) is 18.2 Å². The van der Waals surface area contributed by atoms with Crippen LogP contribution in [0.3, 0.4) is 0 Å². The zero-order valence-electron chi connectivity index (χ0n) is 6.46. The molecule has 2 N–H and O–H groups in total. The highest BCUT2D eigenvalue weighted by Gasteiger charge is 2.00. The van der Waals surface area contributed by atoms with Crippen LogP contribution in [0.4, 0.5) is 8.78 Å². The largest absolute Gasteiger partial charge is 0.294 e. The van der Waals surface area contributed by atoms with Gasteiger partial charge in [-0.2, -0.15) is 0 Å². The van der Waals surface area contributed by atoms with E-state index in [1.807, 2.05) is 0 Å². The Morgan fingerprint density at radius 2 is 1.85 bits per heavy atom. The Hall–Kier alpha value is -0.850. The van der Waals surface area contributed by atoms with Crippen molar-refractivity contribution in [3.8, 4) is 0 Å². The predicted molar refractivity (Wildman–Crippen MR) is 44.0 cm³/mol. The smallest absolute Gasteiger partial charge is 0.232 e. The molecule has 0 saturated heterocycles. The van der Waals surface area contributed by atoms with E-state index >= 15 is 0 Å². The molecule has 0 bridgehead atoms. The highest BCUT2D eigenvalue weighted by Crippen LogP contribution is 2.07. The van der Waals surface area contributed by atoms with E-state index < -0.39 is 22.9 Å². The van der Waals surface area contributed by atoms with Crippen LogP contribution in [0.1, 0.15) is 5.56 Å². The molecule has 3 nitrogen and oxygen atoms in total. The van der Waals surface area contributed by atoms with Crippen LogP contribution in [0, 0.1) is 11.6 Å². The van der Waals surface area contributed by atoms with Gasteiger partial charge in [0.1, 0.15) is 11.6 Å². The van der Waals surface area contributed by atoms with Crippen LogP contribution >= 0.6 is 0 Å². The number of nitrogens with one attached hydrogen (secondary N) is 1. The van der Waals surface area contributed by atoms with Gasteiger partial charge in [-0.15, -0.1) is 0 Å². The lowest BCUT2D eigenvalue weighted by atomic mass is 10.2. The van der Waals surface area contributed by atoms with Crippen LogP contribution in [-0.4, -0.2) is 8.76 Å². The minimum Gasteiger partial charge on any atom is -0.294 e. The second-order valence-electron chi connectivity index (χ2n) is 2.35. The summed E-state index contributed by atoms with van der Waals surface area (Å²) in [6.07, 6.45) is 0. The van der Waals surface area contributed by atoms with Crippen LogP contribution in [0.2, 0.25) is 0 Å².